The third-order valence-corrected chi connectivity index (χ3v) is 3.60. The zero-order valence-electron chi connectivity index (χ0n) is 10.7. The van der Waals surface area contributed by atoms with E-state index >= 15 is 0 Å². The van der Waals surface area contributed by atoms with Crippen molar-refractivity contribution in [1.29, 1.82) is 0 Å². The highest BCUT2D eigenvalue weighted by Crippen LogP contribution is 2.20. The minimum absolute atomic E-state index is 0.0418. The second-order valence-electron chi connectivity index (χ2n) is 4.39. The van der Waals surface area contributed by atoms with Crippen molar-refractivity contribution in [3.05, 3.63) is 23.7 Å². The molecule has 0 aliphatic heterocycles. The average molecular weight is 305 g/mol. The normalized spacial score (nSPS) is 12.3. The van der Waals surface area contributed by atoms with Gasteiger partial charge in [-0.1, -0.05) is 19.0 Å². The van der Waals surface area contributed by atoms with Crippen molar-refractivity contribution in [3.63, 3.8) is 0 Å². The summed E-state index contributed by atoms with van der Waals surface area (Å²) < 4.78 is 29.2. The fourth-order valence-electron chi connectivity index (χ4n) is 1.67. The molecule has 0 aromatic carbocycles. The maximum Gasteiger partial charge on any atom is 0.280 e. The summed E-state index contributed by atoms with van der Waals surface area (Å²) in [6, 6.07) is 0. The summed E-state index contributed by atoms with van der Waals surface area (Å²) in [4.78, 5) is 8.11. The molecule has 7 nitrogen and oxygen atoms in total. The summed E-state index contributed by atoms with van der Waals surface area (Å²) in [5.74, 6) is 1.54. The third kappa shape index (κ3) is 3.13. The van der Waals surface area contributed by atoms with E-state index in [9.17, 15) is 8.42 Å². The molecular weight excluding hydrogens is 292 g/mol. The molecule has 0 spiro atoms. The van der Waals surface area contributed by atoms with Gasteiger partial charge in [-0.15, -0.1) is 0 Å². The summed E-state index contributed by atoms with van der Waals surface area (Å²) in [7, 11) is 1.45. The molecule has 0 fully saturated rings. The highest BCUT2D eigenvalue weighted by atomic mass is 35.7. The number of nitrogens with zero attached hydrogens (tertiary/aromatic N) is 4. The van der Waals surface area contributed by atoms with Crippen LogP contribution in [0.1, 0.15) is 37.3 Å². The molecule has 19 heavy (non-hydrogen) atoms. The topological polar surface area (TPSA) is 90.9 Å². The van der Waals surface area contributed by atoms with Crippen molar-refractivity contribution < 1.29 is 12.9 Å². The van der Waals surface area contributed by atoms with E-state index in [1.807, 2.05) is 13.8 Å². The highest BCUT2D eigenvalue weighted by molar-refractivity contribution is 8.13. The predicted molar refractivity (Wildman–Crippen MR) is 67.5 cm³/mol. The van der Waals surface area contributed by atoms with Crippen molar-refractivity contribution in [2.45, 2.75) is 38.3 Å². The summed E-state index contributed by atoms with van der Waals surface area (Å²) in [5, 5.41) is 3.60. The average Bonchev–Trinajstić information content (AvgIpc) is 2.85. The zero-order valence-corrected chi connectivity index (χ0v) is 12.2. The zero-order chi connectivity index (χ0) is 14.2. The number of imidazole rings is 1. The Hall–Kier alpha value is -1.41. The van der Waals surface area contributed by atoms with Crippen LogP contribution in [0.4, 0.5) is 0 Å². The van der Waals surface area contributed by atoms with Crippen LogP contribution in [0, 0.1) is 6.92 Å². The molecule has 104 valence electrons. The molecule has 0 atom stereocenters. The Balaban J connectivity index is 2.41. The van der Waals surface area contributed by atoms with Crippen LogP contribution < -0.4 is 0 Å². The van der Waals surface area contributed by atoms with Crippen LogP contribution in [0.15, 0.2) is 15.7 Å². The second kappa shape index (κ2) is 4.93. The quantitative estimate of drug-likeness (QED) is 0.798. The van der Waals surface area contributed by atoms with Gasteiger partial charge < -0.3 is 9.09 Å². The molecule has 0 radical (unpaired) electrons. The standard InChI is InChI=1S/C10H13ClN4O3S/c1-6(2)10-13-9(19(11,16)17)5-15(10)4-8-12-7(3)18-14-8/h5-6H,4H2,1-3H3. The first-order chi connectivity index (χ1) is 8.77. The first-order valence-corrected chi connectivity index (χ1v) is 7.89. The molecule has 9 heteroatoms. The largest absolute Gasteiger partial charge is 0.340 e. The molecule has 0 unspecified atom stereocenters. The number of hydrogen-bond donors (Lipinski definition) is 0. The first kappa shape index (κ1) is 14.0. The maximum atomic E-state index is 11.3. The number of aromatic nitrogens is 4. The van der Waals surface area contributed by atoms with Crippen molar-refractivity contribution in [1.82, 2.24) is 19.7 Å². The van der Waals surface area contributed by atoms with E-state index in [1.54, 1.807) is 11.5 Å². The van der Waals surface area contributed by atoms with Crippen LogP contribution in [0.5, 0.6) is 0 Å². The molecule has 2 aromatic rings. The van der Waals surface area contributed by atoms with Crippen molar-refractivity contribution in [2.75, 3.05) is 0 Å². The Bertz CT molecular complexity index is 689. The van der Waals surface area contributed by atoms with Gasteiger partial charge in [-0.3, -0.25) is 0 Å². The van der Waals surface area contributed by atoms with E-state index in [0.29, 0.717) is 17.5 Å². The molecule has 0 amide bonds. The summed E-state index contributed by atoms with van der Waals surface area (Å²) in [6.45, 7) is 5.78. The molecule has 0 saturated heterocycles. The Morgan fingerprint density at radius 3 is 2.58 bits per heavy atom. The Kier molecular flexibility index (Phi) is 3.64. The molecule has 0 saturated carbocycles. The minimum atomic E-state index is -3.85. The highest BCUT2D eigenvalue weighted by Gasteiger charge is 2.20. The van der Waals surface area contributed by atoms with E-state index in [1.165, 1.54) is 6.20 Å². The molecule has 0 aliphatic carbocycles. The van der Waals surface area contributed by atoms with E-state index in [2.05, 4.69) is 15.1 Å². The summed E-state index contributed by atoms with van der Waals surface area (Å²) in [6.07, 6.45) is 1.38. The number of aryl methyl sites for hydroxylation is 1. The van der Waals surface area contributed by atoms with Crippen LogP contribution in [0.2, 0.25) is 0 Å². The third-order valence-electron chi connectivity index (χ3n) is 2.43. The Morgan fingerprint density at radius 1 is 1.42 bits per heavy atom. The Labute approximate surface area is 115 Å². The summed E-state index contributed by atoms with van der Waals surface area (Å²) in [5.41, 5.74) is 0. The van der Waals surface area contributed by atoms with Gasteiger partial charge in [0.15, 0.2) is 10.9 Å². The van der Waals surface area contributed by atoms with Gasteiger partial charge in [-0.2, -0.15) is 4.98 Å². The van der Waals surface area contributed by atoms with Crippen LogP contribution in [-0.2, 0) is 15.6 Å². The van der Waals surface area contributed by atoms with Gasteiger partial charge in [0.1, 0.15) is 5.82 Å². The number of halogens is 1. The summed E-state index contributed by atoms with van der Waals surface area (Å²) >= 11 is 0. The van der Waals surface area contributed by atoms with E-state index in [4.69, 9.17) is 15.2 Å². The van der Waals surface area contributed by atoms with Gasteiger partial charge in [-0.05, 0) is 0 Å². The SMILES string of the molecule is Cc1nc(Cn2cc(S(=O)(=O)Cl)nc2C(C)C)no1. The van der Waals surface area contributed by atoms with Crippen molar-refractivity contribution in [3.8, 4) is 0 Å². The van der Waals surface area contributed by atoms with Gasteiger partial charge >= 0.3 is 0 Å². The monoisotopic (exact) mass is 304 g/mol. The van der Waals surface area contributed by atoms with Crippen molar-refractivity contribution >= 4 is 19.7 Å². The molecule has 0 N–H and O–H groups in total. The van der Waals surface area contributed by atoms with E-state index in [-0.39, 0.29) is 17.5 Å². The van der Waals surface area contributed by atoms with Gasteiger partial charge in [0.2, 0.25) is 5.89 Å². The van der Waals surface area contributed by atoms with Gasteiger partial charge in [0.25, 0.3) is 9.05 Å². The molecular formula is C10H13ClN4O3S. The van der Waals surface area contributed by atoms with Crippen molar-refractivity contribution in [2.24, 2.45) is 0 Å². The lowest BCUT2D eigenvalue weighted by Gasteiger charge is -2.07. The smallest absolute Gasteiger partial charge is 0.280 e. The van der Waals surface area contributed by atoms with Crippen LogP contribution in [0.3, 0.4) is 0 Å². The minimum Gasteiger partial charge on any atom is -0.340 e. The fourth-order valence-corrected chi connectivity index (χ4v) is 2.35. The molecule has 0 bridgehead atoms. The molecule has 2 heterocycles. The molecule has 0 aliphatic rings. The second-order valence-corrected chi connectivity index (χ2v) is 6.90. The van der Waals surface area contributed by atoms with Gasteiger partial charge in [0.05, 0.1) is 6.54 Å². The Morgan fingerprint density at radius 2 is 2.11 bits per heavy atom. The maximum absolute atomic E-state index is 11.3. The fraction of sp³-hybridized carbons (Fsp3) is 0.500. The van der Waals surface area contributed by atoms with Crippen LogP contribution in [0.25, 0.3) is 0 Å². The van der Waals surface area contributed by atoms with E-state index < -0.39 is 9.05 Å². The number of rotatable bonds is 4. The van der Waals surface area contributed by atoms with Crippen LogP contribution in [-0.4, -0.2) is 28.1 Å². The first-order valence-electron chi connectivity index (χ1n) is 5.58. The van der Waals surface area contributed by atoms with E-state index in [0.717, 1.165) is 0 Å². The lowest BCUT2D eigenvalue weighted by Crippen LogP contribution is -2.06. The van der Waals surface area contributed by atoms with Crippen LogP contribution >= 0.6 is 10.7 Å². The lowest BCUT2D eigenvalue weighted by atomic mass is 10.2. The number of hydrogen-bond acceptors (Lipinski definition) is 6. The van der Waals surface area contributed by atoms with Gasteiger partial charge in [0, 0.05) is 29.7 Å². The lowest BCUT2D eigenvalue weighted by molar-refractivity contribution is 0.385. The predicted octanol–water partition coefficient (Wildman–Crippen LogP) is 1.67. The molecule has 2 rings (SSSR count). The van der Waals surface area contributed by atoms with Gasteiger partial charge in [-0.25, -0.2) is 13.4 Å². The molecule has 2 aromatic heterocycles.